The molecule has 1 N–H and O–H groups in total. The van der Waals surface area contributed by atoms with Crippen LogP contribution in [0.4, 0.5) is 0 Å². The first-order chi connectivity index (χ1) is 6.25. The van der Waals surface area contributed by atoms with Crippen LogP contribution >= 0.6 is 11.6 Å². The van der Waals surface area contributed by atoms with E-state index in [9.17, 15) is 9.59 Å². The highest BCUT2D eigenvalue weighted by Gasteiger charge is 2.20. The standard InChI is InChI=1S/C9H13ClN2O2/c1-5-6(10)7(13)12(8(14)11-5)9(2,3)4/h1-4H3,(H,11,14). The van der Waals surface area contributed by atoms with Crippen molar-refractivity contribution in [1.82, 2.24) is 9.55 Å². The van der Waals surface area contributed by atoms with E-state index in [1.807, 2.05) is 0 Å². The Balaban J connectivity index is 3.71. The van der Waals surface area contributed by atoms with Crippen LogP contribution in [0.5, 0.6) is 0 Å². The summed E-state index contributed by atoms with van der Waals surface area (Å²) in [5.41, 5.74) is -1.03. The maximum Gasteiger partial charge on any atom is 0.329 e. The van der Waals surface area contributed by atoms with Crippen LogP contribution in [0.2, 0.25) is 5.02 Å². The van der Waals surface area contributed by atoms with Gasteiger partial charge in [-0.2, -0.15) is 0 Å². The molecule has 5 heteroatoms. The Bertz CT molecular complexity index is 465. The molecule has 0 fully saturated rings. The number of rotatable bonds is 0. The summed E-state index contributed by atoms with van der Waals surface area (Å²) < 4.78 is 1.11. The van der Waals surface area contributed by atoms with Crippen molar-refractivity contribution in [2.24, 2.45) is 0 Å². The molecule has 0 radical (unpaired) electrons. The van der Waals surface area contributed by atoms with Gasteiger partial charge in [0.25, 0.3) is 5.56 Å². The molecule has 1 aromatic rings. The monoisotopic (exact) mass is 216 g/mol. The average molecular weight is 217 g/mol. The lowest BCUT2D eigenvalue weighted by atomic mass is 10.1. The van der Waals surface area contributed by atoms with E-state index in [2.05, 4.69) is 4.98 Å². The molecule has 0 aliphatic heterocycles. The fraction of sp³-hybridized carbons (Fsp3) is 0.556. The largest absolute Gasteiger partial charge is 0.329 e. The molecule has 4 nitrogen and oxygen atoms in total. The lowest BCUT2D eigenvalue weighted by Crippen LogP contribution is -2.45. The summed E-state index contributed by atoms with van der Waals surface area (Å²) in [5.74, 6) is 0. The number of aromatic nitrogens is 2. The van der Waals surface area contributed by atoms with Crippen molar-refractivity contribution < 1.29 is 0 Å². The van der Waals surface area contributed by atoms with E-state index >= 15 is 0 Å². The molecule has 0 aromatic carbocycles. The fourth-order valence-corrected chi connectivity index (χ4v) is 1.36. The van der Waals surface area contributed by atoms with Gasteiger partial charge in [0.2, 0.25) is 0 Å². The van der Waals surface area contributed by atoms with Gasteiger partial charge in [0.1, 0.15) is 5.02 Å². The molecule has 0 amide bonds. The number of nitrogens with one attached hydrogen (secondary N) is 1. The first-order valence-electron chi connectivity index (χ1n) is 4.27. The maximum atomic E-state index is 11.7. The van der Waals surface area contributed by atoms with Crippen molar-refractivity contribution in [2.75, 3.05) is 0 Å². The third kappa shape index (κ3) is 1.75. The quantitative estimate of drug-likeness (QED) is 0.710. The number of aryl methyl sites for hydroxylation is 1. The van der Waals surface area contributed by atoms with Gasteiger partial charge >= 0.3 is 5.69 Å². The normalized spacial score (nSPS) is 11.8. The molecule has 78 valence electrons. The van der Waals surface area contributed by atoms with Crippen molar-refractivity contribution in [3.63, 3.8) is 0 Å². The average Bonchev–Trinajstić information content (AvgIpc) is 1.97. The number of halogens is 1. The van der Waals surface area contributed by atoms with Crippen molar-refractivity contribution in [3.05, 3.63) is 31.6 Å². The Hall–Kier alpha value is -1.03. The van der Waals surface area contributed by atoms with Crippen LogP contribution in [-0.2, 0) is 5.54 Å². The van der Waals surface area contributed by atoms with Crippen molar-refractivity contribution >= 4 is 11.6 Å². The summed E-state index contributed by atoms with van der Waals surface area (Å²) in [6.07, 6.45) is 0. The minimum absolute atomic E-state index is 0.0690. The van der Waals surface area contributed by atoms with Crippen LogP contribution in [-0.4, -0.2) is 9.55 Å². The first-order valence-corrected chi connectivity index (χ1v) is 4.65. The number of H-pyrrole nitrogens is 1. The molecule has 0 aliphatic rings. The zero-order chi connectivity index (χ0) is 11.1. The van der Waals surface area contributed by atoms with Gasteiger partial charge in [-0.05, 0) is 27.7 Å². The van der Waals surface area contributed by atoms with Gasteiger partial charge in [0.15, 0.2) is 0 Å². The lowest BCUT2D eigenvalue weighted by Gasteiger charge is -2.21. The maximum absolute atomic E-state index is 11.7. The van der Waals surface area contributed by atoms with Crippen LogP contribution in [0.25, 0.3) is 0 Å². The fourth-order valence-electron chi connectivity index (χ4n) is 1.23. The van der Waals surface area contributed by atoms with Crippen molar-refractivity contribution in [1.29, 1.82) is 0 Å². The van der Waals surface area contributed by atoms with Gasteiger partial charge in [-0.15, -0.1) is 0 Å². The van der Waals surface area contributed by atoms with E-state index in [1.54, 1.807) is 27.7 Å². The second-order valence-electron chi connectivity index (χ2n) is 4.18. The molecule has 0 aliphatic carbocycles. The zero-order valence-electron chi connectivity index (χ0n) is 8.64. The third-order valence-corrected chi connectivity index (χ3v) is 2.33. The van der Waals surface area contributed by atoms with E-state index in [4.69, 9.17) is 11.6 Å². The van der Waals surface area contributed by atoms with Crippen LogP contribution in [0, 0.1) is 6.92 Å². The molecule has 1 rings (SSSR count). The number of nitrogens with zero attached hydrogens (tertiary/aromatic N) is 1. The van der Waals surface area contributed by atoms with Crippen LogP contribution < -0.4 is 11.2 Å². The summed E-state index contributed by atoms with van der Waals surface area (Å²) >= 11 is 5.76. The van der Waals surface area contributed by atoms with Gasteiger partial charge in [0, 0.05) is 11.2 Å². The third-order valence-electron chi connectivity index (χ3n) is 1.89. The molecule has 0 saturated carbocycles. The number of aromatic amines is 1. The van der Waals surface area contributed by atoms with E-state index in [0.717, 1.165) is 4.57 Å². The van der Waals surface area contributed by atoms with Gasteiger partial charge < -0.3 is 4.98 Å². The highest BCUT2D eigenvalue weighted by molar-refractivity contribution is 6.30. The summed E-state index contributed by atoms with van der Waals surface area (Å²) in [5, 5.41) is 0.0690. The predicted molar refractivity (Wildman–Crippen MR) is 56.1 cm³/mol. The van der Waals surface area contributed by atoms with E-state index in [1.165, 1.54) is 0 Å². The topological polar surface area (TPSA) is 54.9 Å². The SMILES string of the molecule is Cc1[nH]c(=O)n(C(C)(C)C)c(=O)c1Cl. The van der Waals surface area contributed by atoms with Crippen LogP contribution in [0.15, 0.2) is 9.59 Å². The Labute approximate surface area is 86.5 Å². The van der Waals surface area contributed by atoms with Gasteiger partial charge in [-0.1, -0.05) is 11.6 Å². The highest BCUT2D eigenvalue weighted by Crippen LogP contribution is 2.10. The smallest absolute Gasteiger partial charge is 0.310 e. The second-order valence-corrected chi connectivity index (χ2v) is 4.56. The molecular weight excluding hydrogens is 204 g/mol. The molecule has 14 heavy (non-hydrogen) atoms. The summed E-state index contributed by atoms with van der Waals surface area (Å²) in [4.78, 5) is 25.7. The molecule has 0 atom stereocenters. The van der Waals surface area contributed by atoms with Crippen molar-refractivity contribution in [3.8, 4) is 0 Å². The summed E-state index contributed by atoms with van der Waals surface area (Å²) in [6, 6.07) is 0. The molecule has 0 bridgehead atoms. The molecule has 1 heterocycles. The van der Waals surface area contributed by atoms with E-state index < -0.39 is 16.8 Å². The Kier molecular flexibility index (Phi) is 2.58. The summed E-state index contributed by atoms with van der Waals surface area (Å²) in [6.45, 7) is 6.91. The van der Waals surface area contributed by atoms with Gasteiger partial charge in [-0.25, -0.2) is 4.79 Å². The van der Waals surface area contributed by atoms with Crippen LogP contribution in [0.1, 0.15) is 26.5 Å². The number of hydrogen-bond acceptors (Lipinski definition) is 2. The van der Waals surface area contributed by atoms with E-state index in [0.29, 0.717) is 5.69 Å². The first kappa shape index (κ1) is 11.0. The molecule has 1 aromatic heterocycles. The van der Waals surface area contributed by atoms with Crippen molar-refractivity contribution in [2.45, 2.75) is 33.2 Å². The molecule has 0 spiro atoms. The molecule has 0 unspecified atom stereocenters. The van der Waals surface area contributed by atoms with Crippen LogP contribution in [0.3, 0.4) is 0 Å². The zero-order valence-corrected chi connectivity index (χ0v) is 9.40. The minimum atomic E-state index is -0.567. The molecule has 0 saturated heterocycles. The lowest BCUT2D eigenvalue weighted by molar-refractivity contribution is 0.366. The molecular formula is C9H13ClN2O2. The van der Waals surface area contributed by atoms with E-state index in [-0.39, 0.29) is 5.02 Å². The minimum Gasteiger partial charge on any atom is -0.310 e. The Morgan fingerprint density at radius 2 is 1.79 bits per heavy atom. The Morgan fingerprint density at radius 3 is 2.21 bits per heavy atom. The number of hydrogen-bond donors (Lipinski definition) is 1. The summed E-state index contributed by atoms with van der Waals surface area (Å²) in [7, 11) is 0. The Morgan fingerprint density at radius 1 is 1.29 bits per heavy atom. The highest BCUT2D eigenvalue weighted by atomic mass is 35.5. The van der Waals surface area contributed by atoms with Gasteiger partial charge in [0.05, 0.1) is 0 Å². The van der Waals surface area contributed by atoms with Gasteiger partial charge in [-0.3, -0.25) is 9.36 Å². The predicted octanol–water partition coefficient (Wildman–Crippen LogP) is 1.25. The second kappa shape index (κ2) is 3.28.